The number of hydrogen-bond acceptors (Lipinski definition) is 5. The summed E-state index contributed by atoms with van der Waals surface area (Å²) in [5.41, 5.74) is 7.56. The van der Waals surface area contributed by atoms with Gasteiger partial charge < -0.3 is 26.7 Å². The van der Waals surface area contributed by atoms with E-state index in [1.807, 2.05) is 6.07 Å². The van der Waals surface area contributed by atoms with E-state index < -0.39 is 23.6 Å². The van der Waals surface area contributed by atoms with Crippen LogP contribution in [0.1, 0.15) is 38.3 Å². The Labute approximate surface area is 210 Å². The monoisotopic (exact) mass is 510 g/mol. The molecule has 8 nitrogen and oxygen atoms in total. The number of benzene rings is 2. The van der Waals surface area contributed by atoms with Gasteiger partial charge in [0.05, 0.1) is 16.8 Å². The van der Waals surface area contributed by atoms with E-state index in [0.29, 0.717) is 47.8 Å². The molecule has 192 valence electrons. The minimum atomic E-state index is -4.56. The Bertz CT molecular complexity index is 1450. The first kappa shape index (κ1) is 25.7. The summed E-state index contributed by atoms with van der Waals surface area (Å²) in [5.74, 6) is -1.13. The summed E-state index contributed by atoms with van der Waals surface area (Å²) in [4.78, 5) is 33.2. The Hall–Kier alpha value is -4.38. The number of aromatic amines is 1. The highest BCUT2D eigenvalue weighted by atomic mass is 19.4. The number of aryl methyl sites for hydroxylation is 1. The Balaban J connectivity index is 1.56. The normalized spacial score (nSPS) is 11.4. The Morgan fingerprint density at radius 1 is 1.05 bits per heavy atom. The van der Waals surface area contributed by atoms with Gasteiger partial charge >= 0.3 is 6.18 Å². The molecule has 4 aromatic rings. The maximum Gasteiger partial charge on any atom is 0.416 e. The number of aromatic nitrogens is 2. The molecule has 4 rings (SSSR count). The van der Waals surface area contributed by atoms with Gasteiger partial charge in [-0.05, 0) is 61.9 Å². The van der Waals surface area contributed by atoms with Crippen LogP contribution in [0.25, 0.3) is 11.0 Å². The maximum atomic E-state index is 13.3. The molecule has 0 unspecified atom stereocenters. The standard InChI is InChI=1S/C26H25F3N6O2/c1-15-6-7-18(34-24(36)16-4-2-5-17(12-16)26(27,28)29)13-21(15)35-25(37)20-14-33-23-19(8-11-32-23)22(20)31-10-3-9-30/h2,4-8,11-14H,3,9-10,30H2,1H3,(H,34,36)(H,35,37)(H2,31,32,33). The van der Waals surface area contributed by atoms with Gasteiger partial charge in [-0.3, -0.25) is 9.59 Å². The molecule has 2 amide bonds. The van der Waals surface area contributed by atoms with Gasteiger partial charge in [-0.15, -0.1) is 0 Å². The number of carbonyl (C=O) groups excluding carboxylic acids is 2. The Morgan fingerprint density at radius 3 is 2.62 bits per heavy atom. The van der Waals surface area contributed by atoms with Crippen LogP contribution in [0.2, 0.25) is 0 Å². The summed E-state index contributed by atoms with van der Waals surface area (Å²) in [5, 5.41) is 9.44. The van der Waals surface area contributed by atoms with Gasteiger partial charge in [-0.2, -0.15) is 13.2 Å². The molecule has 0 saturated carbocycles. The van der Waals surface area contributed by atoms with E-state index in [2.05, 4.69) is 25.9 Å². The average Bonchev–Trinajstić information content (AvgIpc) is 3.35. The lowest BCUT2D eigenvalue weighted by Gasteiger charge is -2.15. The minimum Gasteiger partial charge on any atom is -0.384 e. The van der Waals surface area contributed by atoms with Crippen molar-refractivity contribution in [2.75, 3.05) is 29.0 Å². The first-order valence-corrected chi connectivity index (χ1v) is 11.5. The van der Waals surface area contributed by atoms with Gasteiger partial charge in [0.15, 0.2) is 0 Å². The summed E-state index contributed by atoms with van der Waals surface area (Å²) < 4.78 is 39.0. The van der Waals surface area contributed by atoms with Crippen LogP contribution in [0.15, 0.2) is 60.9 Å². The SMILES string of the molecule is Cc1ccc(NC(=O)c2cccc(C(F)(F)F)c2)cc1NC(=O)c1cnc2[nH]ccc2c1NCCCN. The molecule has 0 spiro atoms. The third kappa shape index (κ3) is 5.89. The lowest BCUT2D eigenvalue weighted by atomic mass is 10.1. The number of hydrogen-bond donors (Lipinski definition) is 5. The lowest BCUT2D eigenvalue weighted by Crippen LogP contribution is -2.18. The van der Waals surface area contributed by atoms with E-state index in [1.165, 1.54) is 18.3 Å². The largest absolute Gasteiger partial charge is 0.416 e. The maximum absolute atomic E-state index is 13.3. The number of pyridine rings is 1. The number of carbonyl (C=O) groups is 2. The van der Waals surface area contributed by atoms with Gasteiger partial charge in [-0.1, -0.05) is 12.1 Å². The summed E-state index contributed by atoms with van der Waals surface area (Å²) in [7, 11) is 0. The van der Waals surface area contributed by atoms with Crippen LogP contribution in [-0.2, 0) is 6.18 Å². The lowest BCUT2D eigenvalue weighted by molar-refractivity contribution is -0.137. The first-order chi connectivity index (χ1) is 17.7. The number of fused-ring (bicyclic) bond motifs is 1. The van der Waals surface area contributed by atoms with Crippen molar-refractivity contribution in [3.63, 3.8) is 0 Å². The topological polar surface area (TPSA) is 125 Å². The number of halogens is 3. The van der Waals surface area contributed by atoms with Crippen LogP contribution >= 0.6 is 0 Å². The van der Waals surface area contributed by atoms with E-state index in [4.69, 9.17) is 5.73 Å². The van der Waals surface area contributed by atoms with Crippen LogP contribution < -0.4 is 21.7 Å². The molecule has 37 heavy (non-hydrogen) atoms. The van der Waals surface area contributed by atoms with Gasteiger partial charge in [0, 0.05) is 41.3 Å². The molecule has 6 N–H and O–H groups in total. The number of amides is 2. The van der Waals surface area contributed by atoms with E-state index in [0.717, 1.165) is 23.1 Å². The van der Waals surface area contributed by atoms with E-state index >= 15 is 0 Å². The van der Waals surface area contributed by atoms with E-state index in [1.54, 1.807) is 31.3 Å². The third-order valence-corrected chi connectivity index (χ3v) is 5.71. The predicted molar refractivity (Wildman–Crippen MR) is 137 cm³/mol. The number of nitrogens with two attached hydrogens (primary N) is 1. The zero-order valence-electron chi connectivity index (χ0n) is 19.9. The molecule has 11 heteroatoms. The van der Waals surface area contributed by atoms with Crippen molar-refractivity contribution in [3.8, 4) is 0 Å². The van der Waals surface area contributed by atoms with Crippen LogP contribution in [-0.4, -0.2) is 34.9 Å². The molecule has 2 aromatic carbocycles. The van der Waals surface area contributed by atoms with Crippen molar-refractivity contribution in [2.45, 2.75) is 19.5 Å². The van der Waals surface area contributed by atoms with Crippen LogP contribution in [0.5, 0.6) is 0 Å². The molecular weight excluding hydrogens is 485 g/mol. The fourth-order valence-corrected chi connectivity index (χ4v) is 3.75. The molecular formula is C26H25F3N6O2. The minimum absolute atomic E-state index is 0.139. The molecule has 0 aliphatic carbocycles. The molecule has 0 atom stereocenters. The van der Waals surface area contributed by atoms with Crippen LogP contribution in [0.4, 0.5) is 30.2 Å². The van der Waals surface area contributed by atoms with Crippen LogP contribution in [0, 0.1) is 6.92 Å². The zero-order chi connectivity index (χ0) is 26.6. The summed E-state index contributed by atoms with van der Waals surface area (Å²) in [6, 6.07) is 10.8. The average molecular weight is 511 g/mol. The number of H-pyrrole nitrogens is 1. The van der Waals surface area contributed by atoms with Crippen molar-refractivity contribution >= 4 is 39.9 Å². The van der Waals surface area contributed by atoms with E-state index in [9.17, 15) is 22.8 Å². The highest BCUT2D eigenvalue weighted by molar-refractivity contribution is 6.12. The quantitative estimate of drug-likeness (QED) is 0.210. The molecule has 0 saturated heterocycles. The number of anilines is 3. The predicted octanol–water partition coefficient (Wildman–Crippen LogP) is 5.16. The zero-order valence-corrected chi connectivity index (χ0v) is 19.9. The number of rotatable bonds is 8. The number of nitrogens with zero attached hydrogens (tertiary/aromatic N) is 1. The van der Waals surface area contributed by atoms with Crippen molar-refractivity contribution in [3.05, 3.63) is 83.2 Å². The highest BCUT2D eigenvalue weighted by Crippen LogP contribution is 2.30. The van der Waals surface area contributed by atoms with Crippen LogP contribution in [0.3, 0.4) is 0 Å². The van der Waals surface area contributed by atoms with E-state index in [-0.39, 0.29) is 5.56 Å². The van der Waals surface area contributed by atoms with Crippen molar-refractivity contribution in [1.29, 1.82) is 0 Å². The first-order valence-electron chi connectivity index (χ1n) is 11.5. The van der Waals surface area contributed by atoms with Gasteiger partial charge in [0.25, 0.3) is 11.8 Å². The second kappa shape index (κ2) is 10.7. The summed E-state index contributed by atoms with van der Waals surface area (Å²) >= 11 is 0. The van der Waals surface area contributed by atoms with Gasteiger partial charge in [0.1, 0.15) is 5.65 Å². The van der Waals surface area contributed by atoms with Crippen molar-refractivity contribution < 1.29 is 22.8 Å². The highest BCUT2D eigenvalue weighted by Gasteiger charge is 2.31. The Morgan fingerprint density at radius 2 is 1.86 bits per heavy atom. The fraction of sp³-hybridized carbons (Fsp3) is 0.192. The summed E-state index contributed by atoms with van der Waals surface area (Å²) in [6.45, 7) is 2.84. The van der Waals surface area contributed by atoms with Crippen molar-refractivity contribution in [1.82, 2.24) is 9.97 Å². The summed E-state index contributed by atoms with van der Waals surface area (Å²) in [6.07, 6.45) is -0.655. The Kier molecular flexibility index (Phi) is 7.44. The molecule has 0 fully saturated rings. The number of alkyl halides is 3. The second-order valence-electron chi connectivity index (χ2n) is 8.37. The third-order valence-electron chi connectivity index (χ3n) is 5.71. The molecule has 0 bridgehead atoms. The molecule has 0 aliphatic heterocycles. The molecule has 2 heterocycles. The second-order valence-corrected chi connectivity index (χ2v) is 8.37. The fourth-order valence-electron chi connectivity index (χ4n) is 3.75. The number of nitrogens with one attached hydrogen (secondary N) is 4. The molecule has 0 aliphatic rings. The molecule has 2 aromatic heterocycles. The van der Waals surface area contributed by atoms with Gasteiger partial charge in [-0.25, -0.2) is 4.98 Å². The van der Waals surface area contributed by atoms with Gasteiger partial charge in [0.2, 0.25) is 0 Å². The van der Waals surface area contributed by atoms with Crippen molar-refractivity contribution in [2.24, 2.45) is 5.73 Å². The molecule has 0 radical (unpaired) electrons. The smallest absolute Gasteiger partial charge is 0.384 e.